The summed E-state index contributed by atoms with van der Waals surface area (Å²) in [7, 11) is 0. The van der Waals surface area contributed by atoms with Gasteiger partial charge in [0, 0.05) is 10.4 Å². The molecule has 2 aromatic carbocycles. The molecule has 0 aliphatic carbocycles. The van der Waals surface area contributed by atoms with Gasteiger partial charge in [0.15, 0.2) is 11.0 Å². The standard InChI is InChI=1S/C23H20N6O2S2.Na.H/c1-3-32-23-24-18-13(2)33-20(22(30)31)19(18)29(23)12-14-8-10-15(11-9-14)16-6-4-5-7-17(16)21-25-27-28-26-21;;/h4-11H,3,12H2,1-2H3,(H,30,31)(H,25,26,27,28);;. The molecule has 0 spiro atoms. The zero-order valence-corrected chi connectivity index (χ0v) is 19.6. The van der Waals surface area contributed by atoms with E-state index < -0.39 is 5.97 Å². The Morgan fingerprint density at radius 2 is 1.88 bits per heavy atom. The van der Waals surface area contributed by atoms with Crippen LogP contribution in [0.5, 0.6) is 0 Å². The van der Waals surface area contributed by atoms with E-state index in [0.717, 1.165) is 43.6 Å². The van der Waals surface area contributed by atoms with Crippen LogP contribution in [0.1, 0.15) is 27.0 Å². The third-order valence-electron chi connectivity index (χ3n) is 5.34. The molecular formula is C23H21N6NaO2S2. The van der Waals surface area contributed by atoms with Crippen LogP contribution < -0.4 is 0 Å². The van der Waals surface area contributed by atoms with Crippen LogP contribution in [0.3, 0.4) is 0 Å². The fraction of sp³-hybridized carbons (Fsp3) is 0.174. The summed E-state index contributed by atoms with van der Waals surface area (Å²) in [6.45, 7) is 4.54. The molecule has 5 aromatic rings. The van der Waals surface area contributed by atoms with Gasteiger partial charge in [0.25, 0.3) is 0 Å². The van der Waals surface area contributed by atoms with Gasteiger partial charge in [0.2, 0.25) is 0 Å². The van der Waals surface area contributed by atoms with Crippen molar-refractivity contribution in [2.24, 2.45) is 0 Å². The first-order valence-corrected chi connectivity index (χ1v) is 12.1. The Labute approximate surface area is 226 Å². The molecule has 34 heavy (non-hydrogen) atoms. The minimum atomic E-state index is -0.916. The summed E-state index contributed by atoms with van der Waals surface area (Å²) in [6.07, 6.45) is 0. The molecule has 168 valence electrons. The van der Waals surface area contributed by atoms with E-state index in [9.17, 15) is 9.90 Å². The maximum absolute atomic E-state index is 11.9. The zero-order chi connectivity index (χ0) is 22.9. The number of H-pyrrole nitrogens is 1. The summed E-state index contributed by atoms with van der Waals surface area (Å²) in [5.41, 5.74) is 5.54. The number of aryl methyl sites for hydroxylation is 1. The topological polar surface area (TPSA) is 110 Å². The number of aromatic carboxylic acids is 1. The molecule has 0 bridgehead atoms. The van der Waals surface area contributed by atoms with Crippen molar-refractivity contribution in [2.45, 2.75) is 25.5 Å². The van der Waals surface area contributed by atoms with Crippen molar-refractivity contribution in [3.63, 3.8) is 0 Å². The third-order valence-corrected chi connectivity index (χ3v) is 7.27. The van der Waals surface area contributed by atoms with Crippen molar-refractivity contribution < 1.29 is 9.90 Å². The quantitative estimate of drug-likeness (QED) is 0.251. The predicted octanol–water partition coefficient (Wildman–Crippen LogP) is 4.46. The number of carbonyl (C=O) groups is 1. The average Bonchev–Trinajstić information content (AvgIpc) is 3.54. The Kier molecular flexibility index (Phi) is 7.54. The molecule has 5 rings (SSSR count). The number of benzene rings is 2. The molecule has 3 heterocycles. The molecule has 8 nitrogen and oxygen atoms in total. The number of hydrogen-bond acceptors (Lipinski definition) is 7. The summed E-state index contributed by atoms with van der Waals surface area (Å²) in [5.74, 6) is 0.559. The van der Waals surface area contributed by atoms with Gasteiger partial charge in [-0.05, 0) is 39.8 Å². The van der Waals surface area contributed by atoms with Crippen molar-refractivity contribution in [1.29, 1.82) is 0 Å². The molecule has 11 heteroatoms. The van der Waals surface area contributed by atoms with Crippen LogP contribution in [-0.2, 0) is 6.54 Å². The summed E-state index contributed by atoms with van der Waals surface area (Å²) >= 11 is 2.91. The first-order chi connectivity index (χ1) is 16.1. The Hall–Kier alpha value is -2.50. The molecule has 0 aliphatic rings. The van der Waals surface area contributed by atoms with Gasteiger partial charge in [0.1, 0.15) is 10.4 Å². The van der Waals surface area contributed by atoms with E-state index in [2.05, 4.69) is 51.8 Å². The van der Waals surface area contributed by atoms with Crippen LogP contribution in [0, 0.1) is 6.92 Å². The Bertz CT molecular complexity index is 1440. The second kappa shape index (κ2) is 10.4. The van der Waals surface area contributed by atoms with E-state index in [1.807, 2.05) is 35.8 Å². The number of thioether (sulfide) groups is 1. The van der Waals surface area contributed by atoms with E-state index >= 15 is 0 Å². The van der Waals surface area contributed by atoms with Crippen molar-refractivity contribution in [3.05, 3.63) is 63.8 Å². The molecule has 0 atom stereocenters. The second-order valence-corrected chi connectivity index (χ2v) is 9.85. The SMILES string of the molecule is CCSc1nc2c(C)sc(C(=O)O)c2n1Cc1ccc(-c2ccccc2-c2nnn[nH]2)cc1.[NaH]. The molecule has 0 saturated carbocycles. The van der Waals surface area contributed by atoms with E-state index in [1.165, 1.54) is 11.3 Å². The number of rotatable bonds is 7. The molecule has 2 N–H and O–H groups in total. The monoisotopic (exact) mass is 500 g/mol. The molecule has 0 saturated heterocycles. The number of nitrogens with zero attached hydrogens (tertiary/aromatic N) is 5. The summed E-state index contributed by atoms with van der Waals surface area (Å²) in [5, 5.41) is 24.8. The fourth-order valence-electron chi connectivity index (χ4n) is 3.88. The first-order valence-electron chi connectivity index (χ1n) is 10.3. The van der Waals surface area contributed by atoms with Gasteiger partial charge in [-0.2, -0.15) is 0 Å². The van der Waals surface area contributed by atoms with Crippen LogP contribution in [0.4, 0.5) is 0 Å². The molecular weight excluding hydrogens is 479 g/mol. The molecule has 3 aromatic heterocycles. The number of aromatic amines is 1. The van der Waals surface area contributed by atoms with E-state index in [4.69, 9.17) is 4.98 Å². The number of aromatic nitrogens is 6. The molecule has 0 aliphatic heterocycles. The fourth-order valence-corrected chi connectivity index (χ4v) is 5.54. The van der Waals surface area contributed by atoms with E-state index in [1.54, 1.807) is 11.8 Å². The van der Waals surface area contributed by atoms with Crippen molar-refractivity contribution in [1.82, 2.24) is 30.2 Å². The van der Waals surface area contributed by atoms with Crippen LogP contribution in [0.2, 0.25) is 0 Å². The van der Waals surface area contributed by atoms with Crippen LogP contribution in [-0.4, -0.2) is 76.6 Å². The van der Waals surface area contributed by atoms with Gasteiger partial charge in [0.05, 0.1) is 12.1 Å². The van der Waals surface area contributed by atoms with E-state index in [0.29, 0.717) is 22.8 Å². The number of carboxylic acids is 1. The van der Waals surface area contributed by atoms with Crippen molar-refractivity contribution in [3.8, 4) is 22.5 Å². The Morgan fingerprint density at radius 1 is 1.15 bits per heavy atom. The van der Waals surface area contributed by atoms with Crippen LogP contribution in [0.25, 0.3) is 33.5 Å². The Morgan fingerprint density at radius 3 is 2.53 bits per heavy atom. The number of thiophene rings is 1. The summed E-state index contributed by atoms with van der Waals surface area (Å²) < 4.78 is 2.03. The minimum absolute atomic E-state index is 0. The number of carboxylic acid groups (broad SMARTS) is 1. The normalized spacial score (nSPS) is 11.0. The molecule has 0 fully saturated rings. The number of nitrogens with one attached hydrogen (secondary N) is 1. The third kappa shape index (κ3) is 4.56. The van der Waals surface area contributed by atoms with Crippen molar-refractivity contribution in [2.75, 3.05) is 5.75 Å². The molecule has 0 unspecified atom stereocenters. The van der Waals surface area contributed by atoms with E-state index in [-0.39, 0.29) is 29.6 Å². The summed E-state index contributed by atoms with van der Waals surface area (Å²) in [4.78, 5) is 17.9. The number of fused-ring (bicyclic) bond motifs is 1. The number of imidazole rings is 1. The van der Waals surface area contributed by atoms with Gasteiger partial charge >= 0.3 is 35.5 Å². The molecule has 0 radical (unpaired) electrons. The average molecular weight is 501 g/mol. The van der Waals surface area contributed by atoms with Crippen molar-refractivity contribution >= 4 is 69.7 Å². The number of hydrogen-bond donors (Lipinski definition) is 2. The van der Waals surface area contributed by atoms with Gasteiger partial charge in [-0.3, -0.25) is 0 Å². The van der Waals surface area contributed by atoms with Crippen LogP contribution in [0.15, 0.2) is 53.7 Å². The summed E-state index contributed by atoms with van der Waals surface area (Å²) in [6, 6.07) is 16.2. The molecule has 0 amide bonds. The second-order valence-electron chi connectivity index (χ2n) is 7.40. The van der Waals surface area contributed by atoms with Gasteiger partial charge in [-0.15, -0.1) is 16.4 Å². The van der Waals surface area contributed by atoms with Gasteiger partial charge in [-0.25, -0.2) is 14.9 Å². The number of tetrazole rings is 1. The maximum atomic E-state index is 11.9. The zero-order valence-electron chi connectivity index (χ0n) is 17.9. The van der Waals surface area contributed by atoms with Gasteiger partial charge in [-0.1, -0.05) is 67.2 Å². The van der Waals surface area contributed by atoms with Gasteiger partial charge < -0.3 is 9.67 Å². The first kappa shape index (κ1) is 24.6. The predicted molar refractivity (Wildman–Crippen MR) is 137 cm³/mol. The van der Waals surface area contributed by atoms with Crippen LogP contribution >= 0.6 is 23.1 Å². The Balaban J connectivity index is 0.00000274.